The van der Waals surface area contributed by atoms with E-state index >= 15 is 0 Å². The molecule has 1 N–H and O–H groups in total. The van der Waals surface area contributed by atoms with Crippen molar-refractivity contribution in [3.63, 3.8) is 0 Å². The number of anilines is 1. The van der Waals surface area contributed by atoms with E-state index in [9.17, 15) is 9.90 Å². The Bertz CT molecular complexity index is 693. The zero-order chi connectivity index (χ0) is 17.7. The second-order valence-electron chi connectivity index (χ2n) is 6.08. The SMILES string of the molecule is CCc1cc(CC(C(=O)O)c2ccc(N(C)C)cc2)ccc1OC. The third-order valence-electron chi connectivity index (χ3n) is 4.28. The molecule has 0 saturated carbocycles. The van der Waals surface area contributed by atoms with Crippen molar-refractivity contribution in [2.45, 2.75) is 25.7 Å². The summed E-state index contributed by atoms with van der Waals surface area (Å²) >= 11 is 0. The van der Waals surface area contributed by atoms with Gasteiger partial charge in [0.1, 0.15) is 5.75 Å². The zero-order valence-corrected chi connectivity index (χ0v) is 14.7. The molecule has 24 heavy (non-hydrogen) atoms. The second kappa shape index (κ2) is 7.86. The normalized spacial score (nSPS) is 11.8. The number of hydrogen-bond acceptors (Lipinski definition) is 3. The van der Waals surface area contributed by atoms with E-state index in [1.165, 1.54) is 0 Å². The number of hydrogen-bond donors (Lipinski definition) is 1. The van der Waals surface area contributed by atoms with Gasteiger partial charge in [-0.3, -0.25) is 4.79 Å². The fraction of sp³-hybridized carbons (Fsp3) is 0.350. The summed E-state index contributed by atoms with van der Waals surface area (Å²) in [4.78, 5) is 13.8. The van der Waals surface area contributed by atoms with Crippen LogP contribution < -0.4 is 9.64 Å². The molecule has 1 unspecified atom stereocenters. The molecule has 1 atom stereocenters. The average molecular weight is 327 g/mol. The Morgan fingerprint density at radius 2 is 1.83 bits per heavy atom. The van der Waals surface area contributed by atoms with Gasteiger partial charge < -0.3 is 14.7 Å². The van der Waals surface area contributed by atoms with Gasteiger partial charge in [0.05, 0.1) is 13.0 Å². The van der Waals surface area contributed by atoms with E-state index in [0.29, 0.717) is 6.42 Å². The molecule has 0 saturated heterocycles. The number of carboxylic acids is 1. The lowest BCUT2D eigenvalue weighted by Gasteiger charge is -2.17. The van der Waals surface area contributed by atoms with Crippen molar-refractivity contribution in [1.29, 1.82) is 0 Å². The maximum absolute atomic E-state index is 11.8. The fourth-order valence-corrected chi connectivity index (χ4v) is 2.82. The van der Waals surface area contributed by atoms with Gasteiger partial charge in [0.15, 0.2) is 0 Å². The van der Waals surface area contributed by atoms with Crippen molar-refractivity contribution < 1.29 is 14.6 Å². The third-order valence-corrected chi connectivity index (χ3v) is 4.28. The van der Waals surface area contributed by atoms with Gasteiger partial charge in [0, 0.05) is 19.8 Å². The minimum Gasteiger partial charge on any atom is -0.496 e. The van der Waals surface area contributed by atoms with E-state index in [2.05, 4.69) is 6.92 Å². The first-order valence-electron chi connectivity index (χ1n) is 8.12. The first kappa shape index (κ1) is 17.9. The lowest BCUT2D eigenvalue weighted by Crippen LogP contribution is -2.15. The predicted octanol–water partition coefficient (Wildman–Crippen LogP) is 3.73. The standard InChI is InChI=1S/C20H25NO3/c1-5-15-12-14(6-11-19(15)24-4)13-18(20(22)23)16-7-9-17(10-8-16)21(2)3/h6-12,18H,5,13H2,1-4H3,(H,22,23). The van der Waals surface area contributed by atoms with Crippen LogP contribution in [0.2, 0.25) is 0 Å². The van der Waals surface area contributed by atoms with Gasteiger partial charge in [-0.15, -0.1) is 0 Å². The molecule has 4 nitrogen and oxygen atoms in total. The summed E-state index contributed by atoms with van der Waals surface area (Å²) in [6, 6.07) is 13.6. The number of carbonyl (C=O) groups is 1. The van der Waals surface area contributed by atoms with Crippen LogP contribution >= 0.6 is 0 Å². The summed E-state index contributed by atoms with van der Waals surface area (Å²) in [5.41, 5.74) is 3.99. The van der Waals surface area contributed by atoms with Crippen LogP contribution in [0.15, 0.2) is 42.5 Å². The summed E-state index contributed by atoms with van der Waals surface area (Å²) in [6.45, 7) is 2.07. The Labute approximate surface area is 143 Å². The average Bonchev–Trinajstić information content (AvgIpc) is 2.59. The summed E-state index contributed by atoms with van der Waals surface area (Å²) in [5, 5.41) is 9.66. The van der Waals surface area contributed by atoms with Gasteiger partial charge in [0.2, 0.25) is 0 Å². The van der Waals surface area contributed by atoms with E-state index in [1.54, 1.807) is 7.11 Å². The Morgan fingerprint density at radius 1 is 1.17 bits per heavy atom. The molecule has 2 aromatic carbocycles. The van der Waals surface area contributed by atoms with Crippen LogP contribution in [0.5, 0.6) is 5.75 Å². The van der Waals surface area contributed by atoms with E-state index in [4.69, 9.17) is 4.74 Å². The molecule has 0 aliphatic heterocycles. The molecule has 0 aliphatic rings. The number of aryl methyl sites for hydroxylation is 1. The lowest BCUT2D eigenvalue weighted by atomic mass is 9.91. The number of methoxy groups -OCH3 is 1. The highest BCUT2D eigenvalue weighted by Gasteiger charge is 2.21. The van der Waals surface area contributed by atoms with Gasteiger partial charge >= 0.3 is 5.97 Å². The monoisotopic (exact) mass is 327 g/mol. The Morgan fingerprint density at radius 3 is 2.33 bits per heavy atom. The fourth-order valence-electron chi connectivity index (χ4n) is 2.82. The quantitative estimate of drug-likeness (QED) is 0.842. The number of aliphatic carboxylic acids is 1. The maximum atomic E-state index is 11.8. The van der Waals surface area contributed by atoms with Crippen molar-refractivity contribution in [3.8, 4) is 5.75 Å². The summed E-state index contributed by atoms with van der Waals surface area (Å²) in [7, 11) is 5.58. The molecule has 2 rings (SSSR count). The molecule has 128 valence electrons. The molecule has 0 aromatic heterocycles. The molecule has 2 aromatic rings. The van der Waals surface area contributed by atoms with E-state index in [1.807, 2.05) is 61.5 Å². The first-order chi connectivity index (χ1) is 11.5. The number of carboxylic acid groups (broad SMARTS) is 1. The number of ether oxygens (including phenoxy) is 1. The van der Waals surface area contributed by atoms with Crippen LogP contribution in [-0.4, -0.2) is 32.3 Å². The van der Waals surface area contributed by atoms with E-state index in [-0.39, 0.29) is 0 Å². The minimum atomic E-state index is -0.804. The van der Waals surface area contributed by atoms with E-state index in [0.717, 1.165) is 34.5 Å². The number of nitrogens with zero attached hydrogens (tertiary/aromatic N) is 1. The summed E-state index contributed by atoms with van der Waals surface area (Å²) < 4.78 is 5.34. The highest BCUT2D eigenvalue weighted by molar-refractivity contribution is 5.76. The van der Waals surface area contributed by atoms with E-state index < -0.39 is 11.9 Å². The Balaban J connectivity index is 2.27. The van der Waals surface area contributed by atoms with Gasteiger partial charge in [-0.25, -0.2) is 0 Å². The molecule has 0 aliphatic carbocycles. The summed E-state index contributed by atoms with van der Waals surface area (Å²) in [5.74, 6) is -0.510. The van der Waals surface area contributed by atoms with Crippen molar-refractivity contribution in [2.24, 2.45) is 0 Å². The van der Waals surface area contributed by atoms with Gasteiger partial charge in [-0.2, -0.15) is 0 Å². The molecule has 0 fully saturated rings. The van der Waals surface area contributed by atoms with Crippen LogP contribution in [0.4, 0.5) is 5.69 Å². The predicted molar refractivity (Wildman–Crippen MR) is 97.2 cm³/mol. The number of rotatable bonds is 7. The van der Waals surface area contributed by atoms with Gasteiger partial charge in [0.25, 0.3) is 0 Å². The molecule has 0 bridgehead atoms. The molecule has 0 radical (unpaired) electrons. The molecule has 4 heteroatoms. The zero-order valence-electron chi connectivity index (χ0n) is 14.7. The molecule has 0 amide bonds. The van der Waals surface area contributed by atoms with Crippen molar-refractivity contribution in [2.75, 3.05) is 26.1 Å². The van der Waals surface area contributed by atoms with Crippen molar-refractivity contribution in [3.05, 3.63) is 59.2 Å². The molecular formula is C20H25NO3. The van der Waals surface area contributed by atoms with Crippen LogP contribution in [-0.2, 0) is 17.6 Å². The highest BCUT2D eigenvalue weighted by Crippen LogP contribution is 2.27. The largest absolute Gasteiger partial charge is 0.496 e. The lowest BCUT2D eigenvalue weighted by molar-refractivity contribution is -0.138. The number of benzene rings is 2. The maximum Gasteiger partial charge on any atom is 0.311 e. The molecule has 0 spiro atoms. The topological polar surface area (TPSA) is 49.8 Å². The van der Waals surface area contributed by atoms with Crippen LogP contribution in [0, 0.1) is 0 Å². The smallest absolute Gasteiger partial charge is 0.311 e. The molecule has 0 heterocycles. The van der Waals surface area contributed by atoms with Crippen molar-refractivity contribution >= 4 is 11.7 Å². The Kier molecular flexibility index (Phi) is 5.85. The Hall–Kier alpha value is -2.49. The van der Waals surface area contributed by atoms with Crippen LogP contribution in [0.1, 0.15) is 29.5 Å². The molecular weight excluding hydrogens is 302 g/mol. The highest BCUT2D eigenvalue weighted by atomic mass is 16.5. The van der Waals surface area contributed by atoms with Crippen molar-refractivity contribution in [1.82, 2.24) is 0 Å². The van der Waals surface area contributed by atoms with Crippen LogP contribution in [0.3, 0.4) is 0 Å². The van der Waals surface area contributed by atoms with Gasteiger partial charge in [-0.05, 0) is 47.7 Å². The van der Waals surface area contributed by atoms with Crippen LogP contribution in [0.25, 0.3) is 0 Å². The minimum absolute atomic E-state index is 0.466. The first-order valence-corrected chi connectivity index (χ1v) is 8.12. The summed E-state index contributed by atoms with van der Waals surface area (Å²) in [6.07, 6.45) is 1.32. The van der Waals surface area contributed by atoms with Gasteiger partial charge in [-0.1, -0.05) is 31.2 Å². The second-order valence-corrected chi connectivity index (χ2v) is 6.08. The third kappa shape index (κ3) is 4.07.